The Morgan fingerprint density at radius 2 is 1.75 bits per heavy atom. The average molecular weight is 345 g/mol. The first-order valence-electron chi connectivity index (χ1n) is 6.92. The summed E-state index contributed by atoms with van der Waals surface area (Å²) in [4.78, 5) is 32.7. The number of nitro groups is 2. The number of hydrogen-bond acceptors (Lipinski definition) is 5. The molecule has 0 N–H and O–H groups in total. The third-order valence-electron chi connectivity index (χ3n) is 4.41. The number of carbonyl (C=O) groups excluding carboxylic acids is 1. The van der Waals surface area contributed by atoms with Crippen molar-refractivity contribution >= 4 is 17.3 Å². The molecule has 0 radical (unpaired) electrons. The number of fused-ring (bicyclic) bond motifs is 5. The minimum Gasteiger partial charge on any atom is -0.334 e. The molecule has 11 heteroatoms. The molecule has 3 rings (SSSR count). The van der Waals surface area contributed by atoms with Crippen LogP contribution in [-0.4, -0.2) is 39.9 Å². The fraction of sp³-hybridized carbons (Fsp3) is 0.462. The first-order chi connectivity index (χ1) is 11.1. The monoisotopic (exact) mass is 345 g/mol. The molecule has 1 aromatic carbocycles. The van der Waals surface area contributed by atoms with Gasteiger partial charge in [-0.05, 0) is 12.0 Å². The standard InChI is InChI=1S/C13H10F3N3O5/c14-13(15,16)12(20)17-4-6-1-7(5-17)11-9(6)2-8(18(21)22)3-10(11)19(23)24/h2-3,6-7H,1,4-5H2/t6-,7+/m1/s1. The molecule has 1 amide bonds. The second kappa shape index (κ2) is 5.14. The molecule has 24 heavy (non-hydrogen) atoms. The van der Waals surface area contributed by atoms with Crippen LogP contribution < -0.4 is 0 Å². The normalized spacial score (nSPS) is 22.2. The lowest BCUT2D eigenvalue weighted by atomic mass is 9.95. The third kappa shape index (κ3) is 2.45. The maximum atomic E-state index is 12.6. The van der Waals surface area contributed by atoms with Gasteiger partial charge < -0.3 is 4.90 Å². The number of carbonyl (C=O) groups is 1. The minimum atomic E-state index is -5.03. The molecule has 0 saturated carbocycles. The van der Waals surface area contributed by atoms with Crippen LogP contribution in [0.5, 0.6) is 0 Å². The number of alkyl halides is 3. The number of likely N-dealkylation sites (tertiary alicyclic amines) is 1. The van der Waals surface area contributed by atoms with Crippen molar-refractivity contribution in [2.45, 2.75) is 24.4 Å². The van der Waals surface area contributed by atoms with Gasteiger partial charge in [-0.15, -0.1) is 0 Å². The second-order valence-corrected chi connectivity index (χ2v) is 5.82. The zero-order valence-corrected chi connectivity index (χ0v) is 11.9. The Bertz CT molecular complexity index is 764. The number of benzene rings is 1. The van der Waals surface area contributed by atoms with Crippen molar-refractivity contribution in [3.05, 3.63) is 43.5 Å². The van der Waals surface area contributed by atoms with Gasteiger partial charge in [0.1, 0.15) is 0 Å². The van der Waals surface area contributed by atoms with Crippen molar-refractivity contribution in [1.29, 1.82) is 0 Å². The maximum absolute atomic E-state index is 12.6. The van der Waals surface area contributed by atoms with Gasteiger partial charge in [0, 0.05) is 36.6 Å². The summed E-state index contributed by atoms with van der Waals surface area (Å²) >= 11 is 0. The second-order valence-electron chi connectivity index (χ2n) is 5.82. The quantitative estimate of drug-likeness (QED) is 0.604. The van der Waals surface area contributed by atoms with Crippen LogP contribution >= 0.6 is 0 Å². The number of nitro benzene ring substituents is 2. The van der Waals surface area contributed by atoms with Gasteiger partial charge in [0.15, 0.2) is 0 Å². The summed E-state index contributed by atoms with van der Waals surface area (Å²) in [6.07, 6.45) is -4.69. The van der Waals surface area contributed by atoms with Crippen LogP contribution in [0.4, 0.5) is 24.5 Å². The molecule has 1 saturated heterocycles. The first kappa shape index (κ1) is 16.1. The highest BCUT2D eigenvalue weighted by molar-refractivity contribution is 5.82. The molecular formula is C13H10F3N3O5. The highest BCUT2D eigenvalue weighted by Crippen LogP contribution is 2.51. The van der Waals surface area contributed by atoms with Crippen LogP contribution in [0, 0.1) is 20.2 Å². The Morgan fingerprint density at radius 1 is 1.12 bits per heavy atom. The van der Waals surface area contributed by atoms with Crippen LogP contribution in [0.15, 0.2) is 12.1 Å². The van der Waals surface area contributed by atoms with Crippen LogP contribution in [0.1, 0.15) is 29.4 Å². The number of halogens is 3. The highest BCUT2D eigenvalue weighted by Gasteiger charge is 2.49. The van der Waals surface area contributed by atoms with E-state index in [1.54, 1.807) is 0 Å². The molecule has 0 spiro atoms. The largest absolute Gasteiger partial charge is 0.471 e. The molecule has 128 valence electrons. The fourth-order valence-electron chi connectivity index (χ4n) is 3.56. The number of rotatable bonds is 2. The zero-order valence-electron chi connectivity index (χ0n) is 11.9. The number of amides is 1. The Kier molecular flexibility index (Phi) is 3.46. The molecule has 1 heterocycles. The summed E-state index contributed by atoms with van der Waals surface area (Å²) in [6, 6.07) is 1.98. The molecular weight excluding hydrogens is 335 g/mol. The van der Waals surface area contributed by atoms with Gasteiger partial charge in [0.05, 0.1) is 15.9 Å². The number of non-ortho nitro benzene ring substituents is 1. The summed E-state index contributed by atoms with van der Waals surface area (Å²) in [7, 11) is 0. The van der Waals surface area contributed by atoms with E-state index in [0.29, 0.717) is 16.9 Å². The van der Waals surface area contributed by atoms with Crippen molar-refractivity contribution in [3.63, 3.8) is 0 Å². The summed E-state index contributed by atoms with van der Waals surface area (Å²) in [5, 5.41) is 22.2. The van der Waals surface area contributed by atoms with Gasteiger partial charge in [0.25, 0.3) is 11.4 Å². The van der Waals surface area contributed by atoms with E-state index in [-0.39, 0.29) is 18.7 Å². The lowest BCUT2D eigenvalue weighted by Gasteiger charge is -2.32. The molecule has 1 fully saturated rings. The van der Waals surface area contributed by atoms with Gasteiger partial charge in [-0.2, -0.15) is 13.2 Å². The predicted molar refractivity (Wildman–Crippen MR) is 72.5 cm³/mol. The van der Waals surface area contributed by atoms with Crippen molar-refractivity contribution in [2.24, 2.45) is 0 Å². The molecule has 1 aliphatic heterocycles. The number of nitrogens with zero attached hydrogens (tertiary/aromatic N) is 3. The van der Waals surface area contributed by atoms with E-state index < -0.39 is 45.1 Å². The van der Waals surface area contributed by atoms with E-state index in [2.05, 4.69) is 0 Å². The van der Waals surface area contributed by atoms with Crippen molar-refractivity contribution < 1.29 is 27.8 Å². The fourth-order valence-corrected chi connectivity index (χ4v) is 3.56. The lowest BCUT2D eigenvalue weighted by Crippen LogP contribution is -2.46. The number of piperidine rings is 1. The maximum Gasteiger partial charge on any atom is 0.471 e. The van der Waals surface area contributed by atoms with E-state index in [1.165, 1.54) is 0 Å². The molecule has 8 nitrogen and oxygen atoms in total. The van der Waals surface area contributed by atoms with Crippen molar-refractivity contribution in [2.75, 3.05) is 13.1 Å². The summed E-state index contributed by atoms with van der Waals surface area (Å²) in [6.45, 7) is -0.555. The Morgan fingerprint density at radius 3 is 2.29 bits per heavy atom. The Hall–Kier alpha value is -2.72. The van der Waals surface area contributed by atoms with E-state index in [1.807, 2.05) is 0 Å². The lowest BCUT2D eigenvalue weighted by molar-refractivity contribution is -0.394. The summed E-state index contributed by atoms with van der Waals surface area (Å²) in [5.74, 6) is -3.21. The minimum absolute atomic E-state index is 0.202. The van der Waals surface area contributed by atoms with Gasteiger partial charge in [-0.3, -0.25) is 25.0 Å². The van der Waals surface area contributed by atoms with Crippen molar-refractivity contribution in [1.82, 2.24) is 4.90 Å². The van der Waals surface area contributed by atoms with Crippen LogP contribution in [-0.2, 0) is 4.79 Å². The summed E-state index contributed by atoms with van der Waals surface area (Å²) < 4.78 is 37.9. The predicted octanol–water partition coefficient (Wildman–Crippen LogP) is 2.48. The molecule has 1 aliphatic carbocycles. The topological polar surface area (TPSA) is 107 Å². The Balaban J connectivity index is 2.05. The van der Waals surface area contributed by atoms with Crippen LogP contribution in [0.2, 0.25) is 0 Å². The van der Waals surface area contributed by atoms with Gasteiger partial charge in [0.2, 0.25) is 0 Å². The molecule has 0 unspecified atom stereocenters. The van der Waals surface area contributed by atoms with Gasteiger partial charge >= 0.3 is 12.1 Å². The van der Waals surface area contributed by atoms with Gasteiger partial charge in [-0.25, -0.2) is 0 Å². The molecule has 1 aromatic rings. The smallest absolute Gasteiger partial charge is 0.334 e. The van der Waals surface area contributed by atoms with E-state index in [9.17, 15) is 38.2 Å². The van der Waals surface area contributed by atoms with Gasteiger partial charge in [-0.1, -0.05) is 0 Å². The van der Waals surface area contributed by atoms with Crippen molar-refractivity contribution in [3.8, 4) is 0 Å². The average Bonchev–Trinajstić information content (AvgIpc) is 2.75. The highest BCUT2D eigenvalue weighted by atomic mass is 19.4. The van der Waals surface area contributed by atoms with E-state index >= 15 is 0 Å². The molecule has 2 aliphatic rings. The van der Waals surface area contributed by atoms with Crippen LogP contribution in [0.3, 0.4) is 0 Å². The third-order valence-corrected chi connectivity index (χ3v) is 4.41. The van der Waals surface area contributed by atoms with E-state index in [0.717, 1.165) is 12.1 Å². The first-order valence-corrected chi connectivity index (χ1v) is 6.92. The zero-order chi connectivity index (χ0) is 17.8. The number of hydrogen-bond donors (Lipinski definition) is 0. The molecule has 0 aromatic heterocycles. The molecule has 2 bridgehead atoms. The SMILES string of the molecule is O=C(N1C[C@H]2C[C@@H](C1)c1c2cc([N+](=O)[O-])cc1[N+](=O)[O-])C(F)(F)F. The van der Waals surface area contributed by atoms with E-state index in [4.69, 9.17) is 0 Å². The summed E-state index contributed by atoms with van der Waals surface area (Å²) in [5.41, 5.74) is -0.471. The Labute approximate surface area is 132 Å². The molecule has 2 atom stereocenters. The van der Waals surface area contributed by atoms with Crippen LogP contribution in [0.25, 0.3) is 0 Å².